The molecule has 0 saturated heterocycles. The largest absolute Gasteiger partial charge is 0.493 e. The second kappa shape index (κ2) is 11.3. The van der Waals surface area contributed by atoms with Gasteiger partial charge in [-0.3, -0.25) is 10.2 Å². The number of carbonyl (C=O) groups excluding carboxylic acids is 2. The Morgan fingerprint density at radius 3 is 2.38 bits per heavy atom. The third-order valence-corrected chi connectivity index (χ3v) is 5.91. The zero-order valence-electron chi connectivity index (χ0n) is 20.6. The summed E-state index contributed by atoms with van der Waals surface area (Å²) in [4.78, 5) is 27.2. The van der Waals surface area contributed by atoms with Gasteiger partial charge in [0, 0.05) is 18.3 Å². The number of methoxy groups -OCH3 is 2. The van der Waals surface area contributed by atoms with E-state index >= 15 is 0 Å². The first-order valence-electron chi connectivity index (χ1n) is 11.5. The molecule has 3 aromatic carbocycles. The molecule has 37 heavy (non-hydrogen) atoms. The fourth-order valence-electron chi connectivity index (χ4n) is 4.03. The summed E-state index contributed by atoms with van der Waals surface area (Å²) in [6, 6.07) is 21.5. The van der Waals surface area contributed by atoms with Crippen LogP contribution in [0.4, 0.5) is 0 Å². The van der Waals surface area contributed by atoms with E-state index in [1.54, 1.807) is 48.5 Å². The Balaban J connectivity index is 1.64. The van der Waals surface area contributed by atoms with Crippen molar-refractivity contribution in [1.82, 2.24) is 10.2 Å². The summed E-state index contributed by atoms with van der Waals surface area (Å²) in [5.41, 5.74) is 8.73. The van der Waals surface area contributed by atoms with Gasteiger partial charge in [0.15, 0.2) is 11.5 Å². The zero-order valence-corrected chi connectivity index (χ0v) is 20.6. The molecule has 1 aliphatic rings. The number of nitrogens with zero attached hydrogens (tertiary/aromatic N) is 1. The molecular formula is C28H28N4O5. The first-order valence-corrected chi connectivity index (χ1v) is 11.5. The Morgan fingerprint density at radius 2 is 1.73 bits per heavy atom. The van der Waals surface area contributed by atoms with Crippen molar-refractivity contribution >= 4 is 17.7 Å². The van der Waals surface area contributed by atoms with Gasteiger partial charge in [0.05, 0.1) is 14.2 Å². The molecule has 9 heteroatoms. The Kier molecular flexibility index (Phi) is 7.73. The molecular weight excluding hydrogens is 472 g/mol. The maximum Gasteiger partial charge on any atom is 0.356 e. The molecule has 0 aromatic heterocycles. The van der Waals surface area contributed by atoms with Gasteiger partial charge in [-0.15, -0.1) is 0 Å². The molecule has 4 rings (SSSR count). The van der Waals surface area contributed by atoms with Crippen molar-refractivity contribution in [2.45, 2.75) is 19.2 Å². The van der Waals surface area contributed by atoms with Crippen molar-refractivity contribution in [3.05, 3.63) is 107 Å². The van der Waals surface area contributed by atoms with Crippen molar-refractivity contribution in [3.8, 4) is 11.5 Å². The molecule has 0 bridgehead atoms. The van der Waals surface area contributed by atoms with Crippen molar-refractivity contribution < 1.29 is 23.8 Å². The van der Waals surface area contributed by atoms with Gasteiger partial charge in [0.2, 0.25) is 0 Å². The number of nitrogens with one attached hydrogen (secondary N) is 2. The van der Waals surface area contributed by atoms with Crippen LogP contribution in [0.25, 0.3) is 0 Å². The number of amidine groups is 1. The summed E-state index contributed by atoms with van der Waals surface area (Å²) >= 11 is 0. The van der Waals surface area contributed by atoms with E-state index in [-0.39, 0.29) is 17.4 Å². The summed E-state index contributed by atoms with van der Waals surface area (Å²) < 4.78 is 16.3. The molecule has 0 saturated carbocycles. The maximum atomic E-state index is 13.2. The Morgan fingerprint density at radius 1 is 1.00 bits per heavy atom. The highest BCUT2D eigenvalue weighted by atomic mass is 16.5. The Bertz CT molecular complexity index is 1320. The van der Waals surface area contributed by atoms with Gasteiger partial charge in [-0.25, -0.2) is 4.79 Å². The number of nitrogens with two attached hydrogens (primary N) is 1. The summed E-state index contributed by atoms with van der Waals surface area (Å²) in [5.74, 6) is -0.0382. The molecule has 4 N–H and O–H groups in total. The lowest BCUT2D eigenvalue weighted by molar-refractivity contribution is -0.139. The predicted molar refractivity (Wildman–Crippen MR) is 138 cm³/mol. The fraction of sp³-hybridized carbons (Fsp3) is 0.179. The number of ether oxygens (including phenoxy) is 3. The average molecular weight is 501 g/mol. The van der Waals surface area contributed by atoms with Gasteiger partial charge in [0.25, 0.3) is 5.91 Å². The highest BCUT2D eigenvalue weighted by molar-refractivity contribution is 5.97. The van der Waals surface area contributed by atoms with Gasteiger partial charge in [-0.2, -0.15) is 0 Å². The highest BCUT2D eigenvalue weighted by Gasteiger charge is 2.34. The third-order valence-electron chi connectivity index (χ3n) is 5.91. The second-order valence-corrected chi connectivity index (χ2v) is 8.39. The first-order chi connectivity index (χ1) is 17.9. The van der Waals surface area contributed by atoms with Gasteiger partial charge in [-0.05, 0) is 28.8 Å². The SMILES string of the molecule is COC(=O)C1=CN(Cc2ccc(C(=N)N)cc2)C(c2ccc(OCc3ccccc3)c(OC)c2)C(=O)N1. The summed E-state index contributed by atoms with van der Waals surface area (Å²) in [6.07, 6.45) is 1.57. The van der Waals surface area contributed by atoms with Crippen molar-refractivity contribution in [1.29, 1.82) is 5.41 Å². The van der Waals surface area contributed by atoms with E-state index in [0.29, 0.717) is 35.8 Å². The van der Waals surface area contributed by atoms with Gasteiger partial charge < -0.3 is 30.2 Å². The van der Waals surface area contributed by atoms with Gasteiger partial charge in [-0.1, -0.05) is 60.7 Å². The number of esters is 1. The lowest BCUT2D eigenvalue weighted by Crippen LogP contribution is -2.44. The van der Waals surface area contributed by atoms with Crippen LogP contribution in [0.3, 0.4) is 0 Å². The molecule has 0 aliphatic carbocycles. The molecule has 0 fully saturated rings. The molecule has 3 aromatic rings. The normalized spacial score (nSPS) is 14.9. The molecule has 0 radical (unpaired) electrons. The fourth-order valence-corrected chi connectivity index (χ4v) is 4.03. The summed E-state index contributed by atoms with van der Waals surface area (Å²) in [5, 5.41) is 10.2. The number of carbonyl (C=O) groups is 2. The second-order valence-electron chi connectivity index (χ2n) is 8.39. The molecule has 1 heterocycles. The van der Waals surface area contributed by atoms with Crippen molar-refractivity contribution in [3.63, 3.8) is 0 Å². The number of hydrogen-bond donors (Lipinski definition) is 3. The number of hydrogen-bond acceptors (Lipinski definition) is 7. The average Bonchev–Trinajstić information content (AvgIpc) is 2.92. The maximum absolute atomic E-state index is 13.2. The van der Waals surface area contributed by atoms with Crippen LogP contribution in [0.5, 0.6) is 11.5 Å². The topological polar surface area (TPSA) is 127 Å². The Hall–Kier alpha value is -4.79. The molecule has 190 valence electrons. The molecule has 1 unspecified atom stereocenters. The van der Waals surface area contributed by atoms with Crippen LogP contribution in [-0.2, 0) is 27.5 Å². The van der Waals surface area contributed by atoms with E-state index in [2.05, 4.69) is 5.32 Å². The van der Waals surface area contributed by atoms with Crippen molar-refractivity contribution in [2.24, 2.45) is 5.73 Å². The van der Waals surface area contributed by atoms with Crippen LogP contribution in [0.1, 0.15) is 28.3 Å². The van der Waals surface area contributed by atoms with Gasteiger partial charge in [0.1, 0.15) is 24.2 Å². The molecule has 0 spiro atoms. The molecule has 9 nitrogen and oxygen atoms in total. The van der Waals surface area contributed by atoms with E-state index in [0.717, 1.165) is 11.1 Å². The standard InChI is InChI=1S/C28H28N4O5/c1-35-24-14-21(12-13-23(24)37-17-19-6-4-3-5-7-19)25-27(33)31-22(28(34)36-2)16-32(25)15-18-8-10-20(11-9-18)26(29)30/h3-14,16,25H,15,17H2,1-2H3,(H3,29,30)(H,31,33). The number of amides is 1. The minimum atomic E-state index is -0.752. The monoisotopic (exact) mass is 500 g/mol. The predicted octanol–water partition coefficient (Wildman–Crippen LogP) is 3.25. The van der Waals surface area contributed by atoms with Crippen molar-refractivity contribution in [2.75, 3.05) is 14.2 Å². The quantitative estimate of drug-likeness (QED) is 0.234. The molecule has 1 amide bonds. The van der Waals surface area contributed by atoms with Crippen LogP contribution < -0.4 is 20.5 Å². The van der Waals surface area contributed by atoms with Crippen LogP contribution in [0, 0.1) is 5.41 Å². The number of rotatable bonds is 9. The minimum Gasteiger partial charge on any atom is -0.493 e. The number of nitrogen functional groups attached to an aromatic ring is 1. The van der Waals surface area contributed by atoms with Crippen LogP contribution in [0.15, 0.2) is 84.7 Å². The van der Waals surface area contributed by atoms with E-state index in [4.69, 9.17) is 25.4 Å². The van der Waals surface area contributed by atoms with E-state index in [1.165, 1.54) is 7.11 Å². The third kappa shape index (κ3) is 5.90. The summed E-state index contributed by atoms with van der Waals surface area (Å²) in [7, 11) is 2.80. The zero-order chi connectivity index (χ0) is 26.4. The van der Waals surface area contributed by atoms with Crippen LogP contribution in [-0.4, -0.2) is 36.8 Å². The van der Waals surface area contributed by atoms with Gasteiger partial charge >= 0.3 is 5.97 Å². The minimum absolute atomic E-state index is 0.0312. The lowest BCUT2D eigenvalue weighted by Gasteiger charge is -2.34. The van der Waals surface area contributed by atoms with E-state index in [9.17, 15) is 9.59 Å². The molecule has 1 atom stereocenters. The van der Waals surface area contributed by atoms with Crippen LogP contribution in [0.2, 0.25) is 0 Å². The summed E-state index contributed by atoms with van der Waals surface area (Å²) in [6.45, 7) is 0.680. The highest BCUT2D eigenvalue weighted by Crippen LogP contribution is 2.35. The molecule has 1 aliphatic heterocycles. The first kappa shape index (κ1) is 25.3. The van der Waals surface area contributed by atoms with E-state index in [1.807, 2.05) is 42.5 Å². The smallest absolute Gasteiger partial charge is 0.356 e. The Labute approximate surface area is 214 Å². The lowest BCUT2D eigenvalue weighted by atomic mass is 10.0. The van der Waals surface area contributed by atoms with Crippen LogP contribution >= 0.6 is 0 Å². The van der Waals surface area contributed by atoms with E-state index < -0.39 is 12.0 Å². The number of benzene rings is 3.